The number of carbonyl (C=O) groups excluding carboxylic acids is 1. The summed E-state index contributed by atoms with van der Waals surface area (Å²) < 4.78 is 33.4. The number of benzene rings is 1. The number of pyridine rings is 1. The minimum absolute atomic E-state index is 0.0597. The largest absolute Gasteiger partial charge is 0.489 e. The Bertz CT molecular complexity index is 1230. The first-order chi connectivity index (χ1) is 15.3. The Morgan fingerprint density at radius 1 is 1.22 bits per heavy atom. The van der Waals surface area contributed by atoms with Gasteiger partial charge in [0.15, 0.2) is 17.4 Å². The number of aryl methyl sites for hydroxylation is 2. The monoisotopic (exact) mass is 435 g/mol. The Morgan fingerprint density at radius 3 is 2.69 bits per heavy atom. The number of nitrogens with one attached hydrogen (secondary N) is 1. The van der Waals surface area contributed by atoms with Crippen molar-refractivity contribution in [3.05, 3.63) is 77.0 Å². The minimum atomic E-state index is -0.989. The average Bonchev–Trinajstić information content (AvgIpc) is 3.51. The molecular weight excluding hydrogens is 416 g/mol. The fourth-order valence-electron chi connectivity index (χ4n) is 3.68. The molecule has 1 aromatic carbocycles. The van der Waals surface area contributed by atoms with Gasteiger partial charge in [-0.2, -0.15) is 5.26 Å². The van der Waals surface area contributed by atoms with E-state index in [9.17, 15) is 13.6 Å². The van der Waals surface area contributed by atoms with Crippen LogP contribution in [0.4, 0.5) is 14.6 Å². The van der Waals surface area contributed by atoms with Gasteiger partial charge in [-0.15, -0.1) is 0 Å². The molecule has 7 nitrogen and oxygen atoms in total. The topological polar surface area (TPSA) is 101 Å². The van der Waals surface area contributed by atoms with Crippen molar-refractivity contribution >= 4 is 11.7 Å². The number of hydrogen-bond acceptors (Lipinski definition) is 6. The molecule has 0 aliphatic heterocycles. The molecule has 0 spiro atoms. The van der Waals surface area contributed by atoms with E-state index >= 15 is 0 Å². The van der Waals surface area contributed by atoms with Crippen LogP contribution in [0.2, 0.25) is 0 Å². The highest BCUT2D eigenvalue weighted by atomic mass is 19.2. The van der Waals surface area contributed by atoms with E-state index in [1.54, 1.807) is 26.1 Å². The summed E-state index contributed by atoms with van der Waals surface area (Å²) in [6, 6.07) is 8.64. The van der Waals surface area contributed by atoms with Gasteiger partial charge in [-0.25, -0.2) is 23.7 Å². The Labute approximate surface area is 183 Å². The summed E-state index contributed by atoms with van der Waals surface area (Å²) in [4.78, 5) is 25.4. The van der Waals surface area contributed by atoms with Crippen LogP contribution in [0.1, 0.15) is 29.1 Å². The maximum absolute atomic E-state index is 14.0. The van der Waals surface area contributed by atoms with Crippen molar-refractivity contribution in [3.8, 4) is 11.8 Å². The SMILES string of the molecule is Cc1ncc(OCC2(c3ccc(F)c(F)c3)CC2C(=O)Nc2ccc(C#N)cn2)c(C)n1. The van der Waals surface area contributed by atoms with Gasteiger partial charge in [-0.1, -0.05) is 6.07 Å². The van der Waals surface area contributed by atoms with E-state index < -0.39 is 23.0 Å². The third kappa shape index (κ3) is 4.12. The van der Waals surface area contributed by atoms with Crippen LogP contribution >= 0.6 is 0 Å². The Balaban J connectivity index is 1.58. The summed E-state index contributed by atoms with van der Waals surface area (Å²) in [6.45, 7) is 3.60. The molecule has 0 saturated heterocycles. The molecule has 1 aliphatic rings. The van der Waals surface area contributed by atoms with Crippen molar-refractivity contribution in [2.75, 3.05) is 11.9 Å². The van der Waals surface area contributed by atoms with Gasteiger partial charge >= 0.3 is 0 Å². The Hall–Kier alpha value is -3.93. The molecule has 2 aromatic heterocycles. The second kappa shape index (κ2) is 8.30. The van der Waals surface area contributed by atoms with Crippen molar-refractivity contribution in [1.82, 2.24) is 15.0 Å². The van der Waals surface area contributed by atoms with Crippen LogP contribution in [0.15, 0.2) is 42.7 Å². The molecule has 162 valence electrons. The summed E-state index contributed by atoms with van der Waals surface area (Å²) in [7, 11) is 0. The second-order valence-electron chi connectivity index (χ2n) is 7.73. The lowest BCUT2D eigenvalue weighted by molar-refractivity contribution is -0.117. The van der Waals surface area contributed by atoms with Crippen LogP contribution in [0, 0.1) is 42.7 Å². The van der Waals surface area contributed by atoms with Crippen molar-refractivity contribution in [1.29, 1.82) is 5.26 Å². The van der Waals surface area contributed by atoms with E-state index in [-0.39, 0.29) is 12.5 Å². The van der Waals surface area contributed by atoms with Crippen LogP contribution in [0.3, 0.4) is 0 Å². The molecular formula is C23H19F2N5O2. The predicted molar refractivity (Wildman–Crippen MR) is 111 cm³/mol. The highest BCUT2D eigenvalue weighted by molar-refractivity contribution is 5.95. The van der Waals surface area contributed by atoms with E-state index in [1.807, 2.05) is 6.07 Å². The number of nitrogens with zero attached hydrogens (tertiary/aromatic N) is 4. The van der Waals surface area contributed by atoms with E-state index in [4.69, 9.17) is 10.00 Å². The summed E-state index contributed by atoms with van der Waals surface area (Å²) in [5.74, 6) is -1.47. The quantitative estimate of drug-likeness (QED) is 0.635. The predicted octanol–water partition coefficient (Wildman–Crippen LogP) is 3.61. The van der Waals surface area contributed by atoms with Gasteiger partial charge in [-0.3, -0.25) is 4.79 Å². The number of nitriles is 1. The lowest BCUT2D eigenvalue weighted by Gasteiger charge is -2.20. The van der Waals surface area contributed by atoms with Crippen LogP contribution in [-0.4, -0.2) is 27.5 Å². The van der Waals surface area contributed by atoms with Crippen LogP contribution < -0.4 is 10.1 Å². The normalized spacial score (nSPS) is 19.2. The molecule has 1 saturated carbocycles. The molecule has 0 bridgehead atoms. The molecule has 4 rings (SSSR count). The van der Waals surface area contributed by atoms with Gasteiger partial charge in [0, 0.05) is 11.6 Å². The van der Waals surface area contributed by atoms with E-state index in [0.29, 0.717) is 40.6 Å². The number of amides is 1. The van der Waals surface area contributed by atoms with Gasteiger partial charge in [-0.05, 0) is 50.1 Å². The fraction of sp³-hybridized carbons (Fsp3) is 0.261. The van der Waals surface area contributed by atoms with Gasteiger partial charge in [0.25, 0.3) is 0 Å². The maximum Gasteiger partial charge on any atom is 0.229 e. The first-order valence-corrected chi connectivity index (χ1v) is 9.88. The zero-order chi connectivity index (χ0) is 22.9. The molecule has 1 fully saturated rings. The van der Waals surface area contributed by atoms with Crippen molar-refractivity contribution in [2.24, 2.45) is 5.92 Å². The number of ether oxygens (including phenoxy) is 1. The third-order valence-corrected chi connectivity index (χ3v) is 5.57. The number of carbonyl (C=O) groups is 1. The molecule has 1 N–H and O–H groups in total. The second-order valence-corrected chi connectivity index (χ2v) is 7.73. The summed E-state index contributed by atoms with van der Waals surface area (Å²) in [6.07, 6.45) is 3.29. The van der Waals surface area contributed by atoms with E-state index in [1.165, 1.54) is 18.3 Å². The van der Waals surface area contributed by atoms with Crippen LogP contribution in [0.25, 0.3) is 0 Å². The van der Waals surface area contributed by atoms with E-state index in [2.05, 4.69) is 20.3 Å². The lowest BCUT2D eigenvalue weighted by atomic mass is 9.93. The molecule has 0 radical (unpaired) electrons. The molecule has 32 heavy (non-hydrogen) atoms. The van der Waals surface area contributed by atoms with Gasteiger partial charge in [0.1, 0.15) is 17.7 Å². The molecule has 9 heteroatoms. The van der Waals surface area contributed by atoms with Crippen LogP contribution in [-0.2, 0) is 10.2 Å². The van der Waals surface area contributed by atoms with Crippen molar-refractivity contribution < 1.29 is 18.3 Å². The first kappa shape index (κ1) is 21.3. The van der Waals surface area contributed by atoms with Gasteiger partial charge < -0.3 is 10.1 Å². The van der Waals surface area contributed by atoms with Crippen molar-refractivity contribution in [2.45, 2.75) is 25.7 Å². The molecule has 3 aromatic rings. The third-order valence-electron chi connectivity index (χ3n) is 5.57. The number of aromatic nitrogens is 3. The molecule has 2 heterocycles. The average molecular weight is 435 g/mol. The zero-order valence-corrected chi connectivity index (χ0v) is 17.4. The highest BCUT2D eigenvalue weighted by Crippen LogP contribution is 2.55. The minimum Gasteiger partial charge on any atom is -0.489 e. The number of hydrogen-bond donors (Lipinski definition) is 1. The number of rotatable bonds is 6. The fourth-order valence-corrected chi connectivity index (χ4v) is 3.68. The summed E-state index contributed by atoms with van der Waals surface area (Å²) in [5.41, 5.74) is 0.633. The standard InChI is InChI=1S/C23H19F2N5O2/c1-13-20(11-27-14(2)29-13)32-12-23(16-4-5-18(24)19(25)7-16)8-17(23)22(31)30-21-6-3-15(9-26)10-28-21/h3-7,10-11,17H,8,12H2,1-2H3,(H,28,30,31). The molecule has 1 aliphatic carbocycles. The number of anilines is 1. The van der Waals surface area contributed by atoms with E-state index in [0.717, 1.165) is 12.1 Å². The smallest absolute Gasteiger partial charge is 0.229 e. The molecule has 1 amide bonds. The Kier molecular flexibility index (Phi) is 5.53. The van der Waals surface area contributed by atoms with Crippen LogP contribution in [0.5, 0.6) is 5.75 Å². The van der Waals surface area contributed by atoms with Gasteiger partial charge in [0.05, 0.1) is 30.0 Å². The van der Waals surface area contributed by atoms with Gasteiger partial charge in [0.2, 0.25) is 5.91 Å². The maximum atomic E-state index is 14.0. The molecule has 2 atom stereocenters. The zero-order valence-electron chi connectivity index (χ0n) is 17.4. The Morgan fingerprint density at radius 2 is 2.03 bits per heavy atom. The lowest BCUT2D eigenvalue weighted by Crippen LogP contribution is -2.27. The summed E-state index contributed by atoms with van der Waals surface area (Å²) in [5, 5.41) is 11.6. The first-order valence-electron chi connectivity index (χ1n) is 9.88. The molecule has 2 unspecified atom stereocenters. The number of halogens is 2. The highest BCUT2D eigenvalue weighted by Gasteiger charge is 2.60. The summed E-state index contributed by atoms with van der Waals surface area (Å²) >= 11 is 0. The van der Waals surface area contributed by atoms with Crippen molar-refractivity contribution in [3.63, 3.8) is 0 Å².